The summed E-state index contributed by atoms with van der Waals surface area (Å²) in [6, 6.07) is 0. The van der Waals surface area contributed by atoms with Gasteiger partial charge in [-0.05, 0) is 12.8 Å². The highest BCUT2D eigenvalue weighted by atomic mass is 16.4. The van der Waals surface area contributed by atoms with Crippen LogP contribution < -0.4 is 0 Å². The molecule has 5 heteroatoms. The number of likely N-dealkylation sites (tertiary alicyclic amines) is 1. The van der Waals surface area contributed by atoms with Crippen LogP contribution in [0.5, 0.6) is 0 Å². The third-order valence-corrected chi connectivity index (χ3v) is 4.10. The van der Waals surface area contributed by atoms with Crippen LogP contribution in [-0.2, 0) is 14.4 Å². The number of piperidine rings is 1. The molecule has 1 saturated heterocycles. The standard InChI is InChI=1S/C14H21NO4/c1-14(2,3)13(19)15-6-9-4-8(12(17)18)5-10(7-15)11(9)16/h8-10H,4-7H2,1-3H3,(H,17,18). The van der Waals surface area contributed by atoms with Gasteiger partial charge in [0.05, 0.1) is 5.92 Å². The fourth-order valence-electron chi connectivity index (χ4n) is 3.13. The van der Waals surface area contributed by atoms with Gasteiger partial charge in [-0.1, -0.05) is 20.8 Å². The van der Waals surface area contributed by atoms with Crippen LogP contribution in [0, 0.1) is 23.2 Å². The van der Waals surface area contributed by atoms with E-state index in [4.69, 9.17) is 5.11 Å². The average molecular weight is 267 g/mol. The first-order valence-corrected chi connectivity index (χ1v) is 6.76. The number of hydrogen-bond acceptors (Lipinski definition) is 3. The molecule has 2 bridgehead atoms. The van der Waals surface area contributed by atoms with E-state index in [1.807, 2.05) is 20.8 Å². The number of carboxylic acid groups (broad SMARTS) is 1. The quantitative estimate of drug-likeness (QED) is 0.774. The van der Waals surface area contributed by atoms with Crippen LogP contribution in [0.4, 0.5) is 0 Å². The number of amides is 1. The molecule has 0 aromatic rings. The van der Waals surface area contributed by atoms with Crippen molar-refractivity contribution >= 4 is 17.7 Å². The van der Waals surface area contributed by atoms with Crippen molar-refractivity contribution < 1.29 is 19.5 Å². The summed E-state index contributed by atoms with van der Waals surface area (Å²) >= 11 is 0. The zero-order valence-electron chi connectivity index (χ0n) is 11.7. The largest absolute Gasteiger partial charge is 0.481 e. The molecule has 19 heavy (non-hydrogen) atoms. The number of rotatable bonds is 1. The van der Waals surface area contributed by atoms with Crippen LogP contribution in [0.2, 0.25) is 0 Å². The van der Waals surface area contributed by atoms with Crippen molar-refractivity contribution in [3.05, 3.63) is 0 Å². The molecule has 1 aliphatic heterocycles. The fourth-order valence-corrected chi connectivity index (χ4v) is 3.13. The summed E-state index contributed by atoms with van der Waals surface area (Å²) in [7, 11) is 0. The molecule has 2 aliphatic rings. The number of carboxylic acids is 1. The van der Waals surface area contributed by atoms with Gasteiger partial charge in [0.2, 0.25) is 5.91 Å². The minimum Gasteiger partial charge on any atom is -0.481 e. The van der Waals surface area contributed by atoms with Crippen LogP contribution in [-0.4, -0.2) is 40.8 Å². The summed E-state index contributed by atoms with van der Waals surface area (Å²) in [5.41, 5.74) is -0.457. The summed E-state index contributed by atoms with van der Waals surface area (Å²) in [6.07, 6.45) is 0.747. The molecule has 0 spiro atoms. The van der Waals surface area contributed by atoms with Gasteiger partial charge in [0.25, 0.3) is 0 Å². The number of nitrogens with zero attached hydrogens (tertiary/aromatic N) is 1. The van der Waals surface area contributed by atoms with Crippen LogP contribution in [0.25, 0.3) is 0 Å². The minimum atomic E-state index is -0.821. The van der Waals surface area contributed by atoms with Crippen LogP contribution in [0.3, 0.4) is 0 Å². The monoisotopic (exact) mass is 267 g/mol. The van der Waals surface area contributed by atoms with E-state index in [2.05, 4.69) is 0 Å². The smallest absolute Gasteiger partial charge is 0.306 e. The zero-order chi connectivity index (χ0) is 14.4. The number of fused-ring (bicyclic) bond motifs is 2. The van der Waals surface area contributed by atoms with Crippen molar-refractivity contribution in [2.45, 2.75) is 33.6 Å². The number of carbonyl (C=O) groups excluding carboxylic acids is 2. The minimum absolute atomic E-state index is 0.0452. The Balaban J connectivity index is 2.13. The Kier molecular flexibility index (Phi) is 3.41. The van der Waals surface area contributed by atoms with Crippen molar-refractivity contribution in [1.29, 1.82) is 0 Å². The first-order chi connectivity index (χ1) is 8.70. The van der Waals surface area contributed by atoms with Gasteiger partial charge < -0.3 is 10.0 Å². The molecule has 1 N–H and O–H groups in total. The van der Waals surface area contributed by atoms with E-state index >= 15 is 0 Å². The van der Waals surface area contributed by atoms with E-state index in [0.29, 0.717) is 25.9 Å². The normalized spacial score (nSPS) is 31.2. The molecular formula is C14H21NO4. The number of hydrogen-bond donors (Lipinski definition) is 1. The first-order valence-electron chi connectivity index (χ1n) is 6.76. The molecule has 1 amide bonds. The lowest BCUT2D eigenvalue weighted by Crippen LogP contribution is -2.55. The van der Waals surface area contributed by atoms with E-state index in [9.17, 15) is 14.4 Å². The summed E-state index contributed by atoms with van der Waals surface area (Å²) in [5.74, 6) is -1.64. The molecule has 2 fully saturated rings. The van der Waals surface area contributed by atoms with Gasteiger partial charge in [0, 0.05) is 30.3 Å². The molecule has 2 rings (SSSR count). The molecule has 1 aliphatic carbocycles. The highest BCUT2D eigenvalue weighted by Gasteiger charge is 2.46. The molecule has 5 nitrogen and oxygen atoms in total. The van der Waals surface area contributed by atoms with Crippen LogP contribution in [0.15, 0.2) is 0 Å². The number of carbonyl (C=O) groups is 3. The van der Waals surface area contributed by atoms with E-state index in [1.54, 1.807) is 4.90 Å². The second-order valence-corrected chi connectivity index (χ2v) is 6.76. The Morgan fingerprint density at radius 1 is 1.16 bits per heavy atom. The van der Waals surface area contributed by atoms with Crippen LogP contribution >= 0.6 is 0 Å². The van der Waals surface area contributed by atoms with Crippen molar-refractivity contribution in [2.75, 3.05) is 13.1 Å². The Bertz CT molecular complexity index is 406. The maximum atomic E-state index is 12.3. The topological polar surface area (TPSA) is 74.7 Å². The van der Waals surface area contributed by atoms with Gasteiger partial charge in [-0.3, -0.25) is 14.4 Å². The second kappa shape index (κ2) is 4.62. The van der Waals surface area contributed by atoms with E-state index in [-0.39, 0.29) is 23.5 Å². The zero-order valence-corrected chi connectivity index (χ0v) is 11.7. The van der Waals surface area contributed by atoms with Gasteiger partial charge in [0.1, 0.15) is 5.78 Å². The second-order valence-electron chi connectivity index (χ2n) is 6.76. The summed E-state index contributed by atoms with van der Waals surface area (Å²) in [4.78, 5) is 37.2. The molecule has 1 saturated carbocycles. The maximum absolute atomic E-state index is 12.3. The highest BCUT2D eigenvalue weighted by molar-refractivity contribution is 5.90. The Morgan fingerprint density at radius 3 is 2.00 bits per heavy atom. The van der Waals surface area contributed by atoms with Gasteiger partial charge in [-0.25, -0.2) is 0 Å². The molecule has 0 radical (unpaired) electrons. The Hall–Kier alpha value is -1.39. The van der Waals surface area contributed by atoms with E-state index in [1.165, 1.54) is 0 Å². The SMILES string of the molecule is CC(C)(C)C(=O)N1CC2CC(C(=O)O)CC(C1)C2=O. The first kappa shape index (κ1) is 14.0. The van der Waals surface area contributed by atoms with Gasteiger partial charge in [0.15, 0.2) is 0 Å². The molecule has 106 valence electrons. The van der Waals surface area contributed by atoms with E-state index < -0.39 is 17.3 Å². The number of Topliss-reactive ketones (excluding diaryl/α,β-unsaturated/α-hetero) is 1. The van der Waals surface area contributed by atoms with Crippen molar-refractivity contribution in [3.63, 3.8) is 0 Å². The molecule has 2 unspecified atom stereocenters. The van der Waals surface area contributed by atoms with Gasteiger partial charge in [-0.15, -0.1) is 0 Å². The van der Waals surface area contributed by atoms with Crippen LogP contribution in [0.1, 0.15) is 33.6 Å². The van der Waals surface area contributed by atoms with Gasteiger partial charge >= 0.3 is 5.97 Å². The number of aliphatic carboxylic acids is 1. The van der Waals surface area contributed by atoms with Gasteiger partial charge in [-0.2, -0.15) is 0 Å². The molecule has 1 heterocycles. The lowest BCUT2D eigenvalue weighted by atomic mass is 9.71. The lowest BCUT2D eigenvalue weighted by Gasteiger charge is -2.43. The molecule has 2 atom stereocenters. The Labute approximate surface area is 113 Å². The maximum Gasteiger partial charge on any atom is 0.306 e. The Morgan fingerprint density at radius 2 is 1.63 bits per heavy atom. The highest BCUT2D eigenvalue weighted by Crippen LogP contribution is 2.36. The summed E-state index contributed by atoms with van der Waals surface area (Å²) in [6.45, 7) is 6.36. The predicted molar refractivity (Wildman–Crippen MR) is 68.4 cm³/mol. The van der Waals surface area contributed by atoms with Crippen molar-refractivity contribution in [3.8, 4) is 0 Å². The lowest BCUT2D eigenvalue weighted by molar-refractivity contribution is -0.153. The summed E-state index contributed by atoms with van der Waals surface area (Å²) < 4.78 is 0. The summed E-state index contributed by atoms with van der Waals surface area (Å²) in [5, 5.41) is 9.09. The number of ketones is 1. The molecule has 0 aromatic carbocycles. The average Bonchev–Trinajstić information content (AvgIpc) is 2.25. The van der Waals surface area contributed by atoms with E-state index in [0.717, 1.165) is 0 Å². The molecular weight excluding hydrogens is 246 g/mol. The third kappa shape index (κ3) is 2.65. The third-order valence-electron chi connectivity index (χ3n) is 4.10. The van der Waals surface area contributed by atoms with Crippen molar-refractivity contribution in [2.24, 2.45) is 23.2 Å². The molecule has 0 aromatic heterocycles. The van der Waals surface area contributed by atoms with Crippen molar-refractivity contribution in [1.82, 2.24) is 4.90 Å². The predicted octanol–water partition coefficient (Wildman–Crippen LogP) is 1.17. The fraction of sp³-hybridized carbons (Fsp3) is 0.786.